The Hall–Kier alpha value is -2.28. The van der Waals surface area contributed by atoms with Gasteiger partial charge in [-0.1, -0.05) is 30.3 Å². The Labute approximate surface area is 92.8 Å². The maximum Gasteiger partial charge on any atom is 0.266 e. The van der Waals surface area contributed by atoms with Crippen LogP contribution in [-0.4, -0.2) is 17.1 Å². The van der Waals surface area contributed by atoms with Gasteiger partial charge in [0.15, 0.2) is 5.57 Å². The molecule has 1 aromatic rings. The highest BCUT2D eigenvalue weighted by Crippen LogP contribution is 2.17. The van der Waals surface area contributed by atoms with E-state index in [2.05, 4.69) is 5.32 Å². The molecule has 2 rings (SSSR count). The number of hydrogen-bond acceptors (Lipinski definition) is 3. The summed E-state index contributed by atoms with van der Waals surface area (Å²) in [4.78, 5) is 11.3. The lowest BCUT2D eigenvalue weighted by atomic mass is 10.1. The van der Waals surface area contributed by atoms with Crippen LogP contribution >= 0.6 is 0 Å². The first-order valence-electron chi connectivity index (χ1n) is 4.90. The van der Waals surface area contributed by atoms with E-state index in [1.807, 2.05) is 30.3 Å². The van der Waals surface area contributed by atoms with Crippen LogP contribution in [0, 0.1) is 11.3 Å². The summed E-state index contributed by atoms with van der Waals surface area (Å²) in [7, 11) is 0. The van der Waals surface area contributed by atoms with Gasteiger partial charge >= 0.3 is 0 Å². The molecule has 0 bridgehead atoms. The van der Waals surface area contributed by atoms with Gasteiger partial charge in [-0.25, -0.2) is 0 Å². The number of nitrogens with zero attached hydrogens (tertiary/aromatic N) is 1. The van der Waals surface area contributed by atoms with E-state index in [0.29, 0.717) is 6.42 Å². The van der Waals surface area contributed by atoms with Crippen LogP contribution in [0.2, 0.25) is 0 Å². The molecule has 1 heterocycles. The van der Waals surface area contributed by atoms with Crippen LogP contribution in [0.1, 0.15) is 5.56 Å². The topological polar surface area (TPSA) is 73.1 Å². The molecule has 0 saturated carbocycles. The zero-order valence-electron chi connectivity index (χ0n) is 8.47. The fourth-order valence-corrected chi connectivity index (χ4v) is 1.69. The monoisotopic (exact) mass is 214 g/mol. The summed E-state index contributed by atoms with van der Waals surface area (Å²) in [6, 6.07) is 10.7. The first-order chi connectivity index (χ1) is 7.72. The molecule has 1 aliphatic heterocycles. The van der Waals surface area contributed by atoms with E-state index >= 15 is 0 Å². The fraction of sp³-hybridized carbons (Fsp3) is 0.167. The van der Waals surface area contributed by atoms with Gasteiger partial charge in [-0.05, 0) is 12.0 Å². The summed E-state index contributed by atoms with van der Waals surface area (Å²) in [5.41, 5.74) is 0.819. The molecular weight excluding hydrogens is 204 g/mol. The third kappa shape index (κ3) is 1.75. The molecule has 1 aromatic carbocycles. The number of amides is 1. The quantitative estimate of drug-likeness (QED) is 0.773. The van der Waals surface area contributed by atoms with Crippen molar-refractivity contribution in [3.8, 4) is 6.07 Å². The number of nitriles is 1. The second kappa shape index (κ2) is 4.07. The molecule has 1 unspecified atom stereocenters. The zero-order chi connectivity index (χ0) is 11.5. The van der Waals surface area contributed by atoms with Crippen molar-refractivity contribution in [2.45, 2.75) is 12.5 Å². The number of benzene rings is 1. The van der Waals surface area contributed by atoms with E-state index in [-0.39, 0.29) is 11.3 Å². The molecule has 80 valence electrons. The molecule has 0 saturated heterocycles. The number of aliphatic hydroxyl groups is 1. The summed E-state index contributed by atoms with van der Waals surface area (Å²) in [6.45, 7) is 0. The fourth-order valence-electron chi connectivity index (χ4n) is 1.69. The molecule has 16 heavy (non-hydrogen) atoms. The van der Waals surface area contributed by atoms with Crippen molar-refractivity contribution in [1.82, 2.24) is 5.32 Å². The molecule has 0 aromatic heterocycles. The average molecular weight is 214 g/mol. The highest BCUT2D eigenvalue weighted by molar-refractivity contribution is 6.00. The number of nitrogens with one attached hydrogen (secondary N) is 1. The SMILES string of the molecule is N#CC1=C(O)C(Cc2ccccc2)NC1=O. The van der Waals surface area contributed by atoms with Crippen LogP contribution in [0.5, 0.6) is 0 Å². The Balaban J connectivity index is 2.18. The van der Waals surface area contributed by atoms with Crippen molar-refractivity contribution >= 4 is 5.91 Å². The van der Waals surface area contributed by atoms with Crippen molar-refractivity contribution < 1.29 is 9.90 Å². The predicted molar refractivity (Wildman–Crippen MR) is 57.3 cm³/mol. The normalized spacial score (nSPS) is 19.4. The molecule has 0 fully saturated rings. The molecule has 4 heteroatoms. The molecule has 1 amide bonds. The summed E-state index contributed by atoms with van der Waals surface area (Å²) in [5, 5.41) is 20.9. The van der Waals surface area contributed by atoms with Gasteiger partial charge in [0.25, 0.3) is 5.91 Å². The third-order valence-electron chi connectivity index (χ3n) is 2.51. The summed E-state index contributed by atoms with van der Waals surface area (Å²) in [6.07, 6.45) is 0.490. The molecule has 1 aliphatic rings. The van der Waals surface area contributed by atoms with E-state index in [0.717, 1.165) is 5.56 Å². The Morgan fingerprint density at radius 3 is 2.62 bits per heavy atom. The molecule has 1 atom stereocenters. The largest absolute Gasteiger partial charge is 0.509 e. The standard InChI is InChI=1S/C12H10N2O2/c13-7-9-11(15)10(14-12(9)16)6-8-4-2-1-3-5-8/h1-5,10,15H,6H2,(H,14,16). The number of rotatable bonds is 2. The van der Waals surface area contributed by atoms with Crippen molar-refractivity contribution in [3.63, 3.8) is 0 Å². The number of hydrogen-bond donors (Lipinski definition) is 2. The van der Waals surface area contributed by atoms with Crippen LogP contribution in [0.15, 0.2) is 41.7 Å². The Bertz CT molecular complexity index is 485. The lowest BCUT2D eigenvalue weighted by molar-refractivity contribution is -0.116. The zero-order valence-corrected chi connectivity index (χ0v) is 8.47. The summed E-state index contributed by atoms with van der Waals surface area (Å²) in [5.74, 6) is -0.655. The van der Waals surface area contributed by atoms with Crippen molar-refractivity contribution in [1.29, 1.82) is 5.26 Å². The van der Waals surface area contributed by atoms with Crippen LogP contribution in [0.25, 0.3) is 0 Å². The molecule has 0 radical (unpaired) electrons. The highest BCUT2D eigenvalue weighted by Gasteiger charge is 2.31. The van der Waals surface area contributed by atoms with Gasteiger partial charge in [-0.15, -0.1) is 0 Å². The third-order valence-corrected chi connectivity index (χ3v) is 2.51. The first kappa shape index (κ1) is 10.2. The lowest BCUT2D eigenvalue weighted by Gasteiger charge is -2.10. The van der Waals surface area contributed by atoms with Crippen LogP contribution < -0.4 is 5.32 Å². The van der Waals surface area contributed by atoms with Crippen molar-refractivity contribution in [3.05, 3.63) is 47.2 Å². The van der Waals surface area contributed by atoms with E-state index < -0.39 is 11.9 Å². The van der Waals surface area contributed by atoms with Gasteiger partial charge in [0.05, 0.1) is 6.04 Å². The second-order valence-corrected chi connectivity index (χ2v) is 3.59. The smallest absolute Gasteiger partial charge is 0.266 e. The Morgan fingerprint density at radius 2 is 2.06 bits per heavy atom. The van der Waals surface area contributed by atoms with Crippen LogP contribution in [0.3, 0.4) is 0 Å². The molecule has 2 N–H and O–H groups in total. The van der Waals surface area contributed by atoms with Gasteiger partial charge in [0.1, 0.15) is 11.8 Å². The van der Waals surface area contributed by atoms with E-state index in [1.165, 1.54) is 0 Å². The van der Waals surface area contributed by atoms with E-state index in [4.69, 9.17) is 5.26 Å². The Kier molecular flexibility index (Phi) is 2.61. The molecule has 0 spiro atoms. The van der Waals surface area contributed by atoms with Crippen LogP contribution in [0.4, 0.5) is 0 Å². The van der Waals surface area contributed by atoms with E-state index in [1.54, 1.807) is 6.07 Å². The van der Waals surface area contributed by atoms with Gasteiger partial charge in [-0.3, -0.25) is 4.79 Å². The lowest BCUT2D eigenvalue weighted by Crippen LogP contribution is -2.30. The minimum atomic E-state index is -0.499. The summed E-state index contributed by atoms with van der Waals surface area (Å²) < 4.78 is 0. The highest BCUT2D eigenvalue weighted by atomic mass is 16.3. The predicted octanol–water partition coefficient (Wildman–Crippen LogP) is 1.06. The maximum absolute atomic E-state index is 11.3. The maximum atomic E-state index is 11.3. The van der Waals surface area contributed by atoms with Gasteiger partial charge in [-0.2, -0.15) is 5.26 Å². The first-order valence-corrected chi connectivity index (χ1v) is 4.90. The molecule has 0 aliphatic carbocycles. The Morgan fingerprint density at radius 1 is 1.38 bits per heavy atom. The van der Waals surface area contributed by atoms with Crippen molar-refractivity contribution in [2.24, 2.45) is 0 Å². The number of carbonyl (C=O) groups excluding carboxylic acids is 1. The minimum Gasteiger partial charge on any atom is -0.509 e. The van der Waals surface area contributed by atoms with Crippen molar-refractivity contribution in [2.75, 3.05) is 0 Å². The minimum absolute atomic E-state index is 0.156. The van der Waals surface area contributed by atoms with Crippen LogP contribution in [-0.2, 0) is 11.2 Å². The molecular formula is C12H10N2O2. The number of carbonyl (C=O) groups is 1. The second-order valence-electron chi connectivity index (χ2n) is 3.59. The molecule has 4 nitrogen and oxygen atoms in total. The van der Waals surface area contributed by atoms with Gasteiger partial charge in [0.2, 0.25) is 0 Å². The van der Waals surface area contributed by atoms with E-state index in [9.17, 15) is 9.90 Å². The van der Waals surface area contributed by atoms with Gasteiger partial charge < -0.3 is 10.4 Å². The summed E-state index contributed by atoms with van der Waals surface area (Å²) >= 11 is 0. The number of aliphatic hydroxyl groups excluding tert-OH is 1. The van der Waals surface area contributed by atoms with Gasteiger partial charge in [0, 0.05) is 0 Å². The average Bonchev–Trinajstić information content (AvgIpc) is 2.55.